The number of benzene rings is 1. The van der Waals surface area contributed by atoms with Gasteiger partial charge in [-0.3, -0.25) is 0 Å². The van der Waals surface area contributed by atoms with Crippen LogP contribution in [-0.4, -0.2) is 11.5 Å². The zero-order valence-corrected chi connectivity index (χ0v) is 11.7. The summed E-state index contributed by atoms with van der Waals surface area (Å²) in [5.41, 5.74) is 3.28. The van der Waals surface area contributed by atoms with Crippen LogP contribution in [0.2, 0.25) is 0 Å². The van der Waals surface area contributed by atoms with E-state index in [2.05, 4.69) is 31.1 Å². The summed E-state index contributed by atoms with van der Waals surface area (Å²) in [5, 5.41) is 3.27. The third-order valence-electron chi connectivity index (χ3n) is 2.95. The van der Waals surface area contributed by atoms with E-state index in [0.29, 0.717) is 6.54 Å². The van der Waals surface area contributed by atoms with Gasteiger partial charge in [0.25, 0.3) is 0 Å². The Hall–Kier alpha value is -1.81. The average Bonchev–Trinajstić information content (AvgIpc) is 2.82. The number of hydrogen-bond donors (Lipinski definition) is 1. The van der Waals surface area contributed by atoms with Crippen LogP contribution in [0.5, 0.6) is 11.8 Å². The monoisotopic (exact) mass is 260 g/mol. The van der Waals surface area contributed by atoms with E-state index in [9.17, 15) is 0 Å². The van der Waals surface area contributed by atoms with E-state index in [1.807, 2.05) is 18.2 Å². The van der Waals surface area contributed by atoms with Gasteiger partial charge in [0.2, 0.25) is 0 Å². The fourth-order valence-corrected chi connectivity index (χ4v) is 1.69. The van der Waals surface area contributed by atoms with Crippen LogP contribution >= 0.6 is 0 Å². The molecule has 102 valence electrons. The number of ether oxygens (including phenoxy) is 1. The summed E-state index contributed by atoms with van der Waals surface area (Å²) in [6, 6.07) is 5.92. The maximum absolute atomic E-state index is 5.60. The molecule has 0 saturated heterocycles. The van der Waals surface area contributed by atoms with Crippen molar-refractivity contribution in [3.8, 4) is 11.8 Å². The second-order valence-corrected chi connectivity index (χ2v) is 4.63. The molecule has 0 atom stereocenters. The summed E-state index contributed by atoms with van der Waals surface area (Å²) in [6.45, 7) is 7.93. The third kappa shape index (κ3) is 3.83. The SMILES string of the molecule is CCCNCc1coc(Oc2ccc(C)c(C)c2)n1. The molecule has 1 aromatic carbocycles. The van der Waals surface area contributed by atoms with Crippen LogP contribution < -0.4 is 10.1 Å². The van der Waals surface area contributed by atoms with Gasteiger partial charge in [-0.05, 0) is 50.1 Å². The summed E-state index contributed by atoms with van der Waals surface area (Å²) in [6.07, 6.45) is 3.01. The van der Waals surface area contributed by atoms with Crippen LogP contribution in [0.15, 0.2) is 28.9 Å². The lowest BCUT2D eigenvalue weighted by Crippen LogP contribution is -2.13. The second kappa shape index (κ2) is 6.38. The molecule has 1 aromatic heterocycles. The minimum Gasteiger partial charge on any atom is -0.417 e. The topological polar surface area (TPSA) is 47.3 Å². The van der Waals surface area contributed by atoms with Crippen molar-refractivity contribution in [2.24, 2.45) is 0 Å². The highest BCUT2D eigenvalue weighted by Gasteiger charge is 2.06. The smallest absolute Gasteiger partial charge is 0.399 e. The maximum Gasteiger partial charge on any atom is 0.399 e. The normalized spacial score (nSPS) is 10.7. The number of oxazole rings is 1. The van der Waals surface area contributed by atoms with Crippen molar-refractivity contribution < 1.29 is 9.15 Å². The van der Waals surface area contributed by atoms with Crippen LogP contribution in [-0.2, 0) is 6.54 Å². The molecule has 0 radical (unpaired) electrons. The summed E-state index contributed by atoms with van der Waals surface area (Å²) in [4.78, 5) is 4.28. The van der Waals surface area contributed by atoms with E-state index < -0.39 is 0 Å². The number of aromatic nitrogens is 1. The molecule has 0 fully saturated rings. The Morgan fingerprint density at radius 3 is 2.84 bits per heavy atom. The number of nitrogens with zero attached hydrogens (tertiary/aromatic N) is 1. The molecule has 0 spiro atoms. The number of hydrogen-bond acceptors (Lipinski definition) is 4. The molecule has 1 heterocycles. The summed E-state index contributed by atoms with van der Waals surface area (Å²) >= 11 is 0. The Morgan fingerprint density at radius 2 is 2.11 bits per heavy atom. The first-order valence-corrected chi connectivity index (χ1v) is 6.59. The van der Waals surface area contributed by atoms with Crippen LogP contribution in [0.3, 0.4) is 0 Å². The second-order valence-electron chi connectivity index (χ2n) is 4.63. The van der Waals surface area contributed by atoms with Crippen LogP contribution in [0.25, 0.3) is 0 Å². The van der Waals surface area contributed by atoms with E-state index in [4.69, 9.17) is 9.15 Å². The number of rotatable bonds is 6. The Morgan fingerprint density at radius 1 is 1.26 bits per heavy atom. The zero-order chi connectivity index (χ0) is 13.7. The average molecular weight is 260 g/mol. The molecule has 0 aliphatic rings. The molecule has 2 rings (SSSR count). The molecular weight excluding hydrogens is 240 g/mol. The van der Waals surface area contributed by atoms with Crippen molar-refractivity contribution in [1.82, 2.24) is 10.3 Å². The highest BCUT2D eigenvalue weighted by molar-refractivity contribution is 5.34. The molecule has 4 nitrogen and oxygen atoms in total. The highest BCUT2D eigenvalue weighted by atomic mass is 16.6. The van der Waals surface area contributed by atoms with Gasteiger partial charge in [0, 0.05) is 6.54 Å². The van der Waals surface area contributed by atoms with Crippen molar-refractivity contribution in [3.05, 3.63) is 41.3 Å². The number of aryl methyl sites for hydroxylation is 2. The van der Waals surface area contributed by atoms with Crippen molar-refractivity contribution in [2.45, 2.75) is 33.7 Å². The Balaban J connectivity index is 1.97. The molecule has 0 bridgehead atoms. The molecule has 1 N–H and O–H groups in total. The van der Waals surface area contributed by atoms with Crippen LogP contribution in [0.1, 0.15) is 30.2 Å². The van der Waals surface area contributed by atoms with E-state index in [-0.39, 0.29) is 6.08 Å². The first-order valence-electron chi connectivity index (χ1n) is 6.59. The van der Waals surface area contributed by atoms with E-state index >= 15 is 0 Å². The van der Waals surface area contributed by atoms with Crippen LogP contribution in [0.4, 0.5) is 0 Å². The lowest BCUT2D eigenvalue weighted by atomic mass is 10.1. The van der Waals surface area contributed by atoms with Gasteiger partial charge in [-0.25, -0.2) is 0 Å². The Labute approximate surface area is 113 Å². The van der Waals surface area contributed by atoms with Crippen molar-refractivity contribution >= 4 is 0 Å². The van der Waals surface area contributed by atoms with Gasteiger partial charge < -0.3 is 14.5 Å². The van der Waals surface area contributed by atoms with Gasteiger partial charge in [-0.2, -0.15) is 4.98 Å². The van der Waals surface area contributed by atoms with Crippen molar-refractivity contribution in [2.75, 3.05) is 6.54 Å². The number of nitrogens with one attached hydrogen (secondary N) is 1. The summed E-state index contributed by atoms with van der Waals surface area (Å²) in [7, 11) is 0. The largest absolute Gasteiger partial charge is 0.417 e. The Kier molecular flexibility index (Phi) is 4.58. The molecular formula is C15H20N2O2. The molecule has 2 aromatic rings. The molecule has 19 heavy (non-hydrogen) atoms. The lowest BCUT2D eigenvalue weighted by Gasteiger charge is -2.03. The maximum atomic E-state index is 5.60. The molecule has 0 amide bonds. The van der Waals surface area contributed by atoms with Gasteiger partial charge in [-0.1, -0.05) is 13.0 Å². The predicted octanol–water partition coefficient (Wildman–Crippen LogP) is 3.58. The minimum atomic E-state index is 0.288. The molecule has 0 aliphatic heterocycles. The van der Waals surface area contributed by atoms with E-state index in [1.165, 1.54) is 11.1 Å². The zero-order valence-electron chi connectivity index (χ0n) is 11.7. The predicted molar refractivity (Wildman–Crippen MR) is 74.5 cm³/mol. The lowest BCUT2D eigenvalue weighted by molar-refractivity contribution is 0.330. The van der Waals surface area contributed by atoms with E-state index in [1.54, 1.807) is 6.26 Å². The molecule has 0 unspecified atom stereocenters. The fourth-order valence-electron chi connectivity index (χ4n) is 1.69. The standard InChI is InChI=1S/C15H20N2O2/c1-4-7-16-9-13-10-18-15(17-13)19-14-6-5-11(2)12(3)8-14/h5-6,8,10,16H,4,7,9H2,1-3H3. The Bertz CT molecular complexity index is 535. The van der Waals surface area contributed by atoms with Crippen LogP contribution in [0, 0.1) is 13.8 Å². The van der Waals surface area contributed by atoms with Crippen molar-refractivity contribution in [1.29, 1.82) is 0 Å². The van der Waals surface area contributed by atoms with Crippen molar-refractivity contribution in [3.63, 3.8) is 0 Å². The van der Waals surface area contributed by atoms with Gasteiger partial charge in [-0.15, -0.1) is 0 Å². The molecule has 0 aliphatic carbocycles. The first kappa shape index (κ1) is 13.6. The third-order valence-corrected chi connectivity index (χ3v) is 2.95. The van der Waals surface area contributed by atoms with Gasteiger partial charge in [0.15, 0.2) is 0 Å². The van der Waals surface area contributed by atoms with Gasteiger partial charge in [0.1, 0.15) is 12.0 Å². The quantitative estimate of drug-likeness (QED) is 0.806. The minimum absolute atomic E-state index is 0.288. The first-order chi connectivity index (χ1) is 9.19. The van der Waals surface area contributed by atoms with E-state index in [0.717, 1.165) is 24.4 Å². The highest BCUT2D eigenvalue weighted by Crippen LogP contribution is 2.23. The van der Waals surface area contributed by atoms with Gasteiger partial charge in [0.05, 0.1) is 5.69 Å². The summed E-state index contributed by atoms with van der Waals surface area (Å²) in [5.74, 6) is 0.748. The summed E-state index contributed by atoms with van der Waals surface area (Å²) < 4.78 is 10.9. The molecule has 0 saturated carbocycles. The molecule has 4 heteroatoms. The van der Waals surface area contributed by atoms with Gasteiger partial charge >= 0.3 is 6.08 Å². The fraction of sp³-hybridized carbons (Fsp3) is 0.400.